The van der Waals surface area contributed by atoms with Crippen LogP contribution in [0.5, 0.6) is 0 Å². The van der Waals surface area contributed by atoms with Crippen molar-refractivity contribution < 1.29 is 23.7 Å². The van der Waals surface area contributed by atoms with Crippen molar-refractivity contribution in [2.24, 2.45) is 0 Å². The summed E-state index contributed by atoms with van der Waals surface area (Å²) in [7, 11) is 0. The molecule has 0 N–H and O–H groups in total. The second kappa shape index (κ2) is 5.99. The van der Waals surface area contributed by atoms with Gasteiger partial charge in [0.25, 0.3) is 0 Å². The lowest BCUT2D eigenvalue weighted by Gasteiger charge is -2.37. The lowest BCUT2D eigenvalue weighted by Crippen LogP contribution is -2.44. The van der Waals surface area contributed by atoms with Crippen LogP contribution in [-0.4, -0.2) is 37.0 Å². The van der Waals surface area contributed by atoms with Gasteiger partial charge in [-0.05, 0) is 19.3 Å². The molecule has 1 aromatic rings. The van der Waals surface area contributed by atoms with Crippen LogP contribution in [0.3, 0.4) is 0 Å². The molecule has 22 heavy (non-hydrogen) atoms. The fourth-order valence-corrected chi connectivity index (χ4v) is 3.44. The maximum absolute atomic E-state index is 11.4. The number of rotatable bonds is 1. The molecular weight excluding hydrogens is 284 g/mol. The largest absolute Gasteiger partial charge is 0.460 e. The van der Waals surface area contributed by atoms with Crippen molar-refractivity contribution in [2.45, 2.75) is 56.4 Å². The quantitative estimate of drug-likeness (QED) is 0.746. The molecule has 0 spiro atoms. The first-order chi connectivity index (χ1) is 10.8. The highest BCUT2D eigenvalue weighted by Crippen LogP contribution is 2.35. The molecule has 3 aliphatic heterocycles. The summed E-state index contributed by atoms with van der Waals surface area (Å²) >= 11 is 0. The highest BCUT2D eigenvalue weighted by molar-refractivity contribution is 5.70. The first kappa shape index (κ1) is 14.2. The van der Waals surface area contributed by atoms with Crippen LogP contribution in [0.25, 0.3) is 0 Å². The summed E-state index contributed by atoms with van der Waals surface area (Å²) in [5.41, 5.74) is 1.02. The zero-order valence-electron chi connectivity index (χ0n) is 12.4. The molecular formula is C17H20O5. The van der Waals surface area contributed by atoms with Crippen LogP contribution in [0, 0.1) is 0 Å². The molecule has 3 aliphatic rings. The fraction of sp³-hybridized carbons (Fsp3) is 0.588. The van der Waals surface area contributed by atoms with E-state index in [1.54, 1.807) is 0 Å². The molecule has 4 rings (SSSR count). The third-order valence-electron chi connectivity index (χ3n) is 4.61. The van der Waals surface area contributed by atoms with Gasteiger partial charge in [-0.2, -0.15) is 0 Å². The van der Waals surface area contributed by atoms with E-state index < -0.39 is 0 Å². The van der Waals surface area contributed by atoms with Crippen LogP contribution in [0.15, 0.2) is 30.3 Å². The number of carbonyl (C=O) groups is 1. The molecule has 0 unspecified atom stereocenters. The second-order valence-corrected chi connectivity index (χ2v) is 6.11. The minimum absolute atomic E-state index is 0.0109. The van der Waals surface area contributed by atoms with Gasteiger partial charge >= 0.3 is 5.97 Å². The Labute approximate surface area is 129 Å². The van der Waals surface area contributed by atoms with Crippen molar-refractivity contribution >= 4 is 5.97 Å². The van der Waals surface area contributed by atoms with Gasteiger partial charge in [0.05, 0.1) is 18.8 Å². The molecule has 118 valence electrons. The summed E-state index contributed by atoms with van der Waals surface area (Å²) < 4.78 is 23.5. The number of benzene rings is 1. The maximum Gasteiger partial charge on any atom is 0.306 e. The SMILES string of the molecule is O=C1CC[C@@H]2O[C@@H]3CO[C@@H](c4ccccc4)O[C@H]3CC[C@H]2O1. The van der Waals surface area contributed by atoms with Crippen LogP contribution >= 0.6 is 0 Å². The number of hydrogen-bond donors (Lipinski definition) is 0. The third kappa shape index (κ3) is 2.76. The van der Waals surface area contributed by atoms with Gasteiger partial charge in [0.2, 0.25) is 0 Å². The number of hydrogen-bond acceptors (Lipinski definition) is 5. The van der Waals surface area contributed by atoms with Crippen molar-refractivity contribution in [1.82, 2.24) is 0 Å². The average Bonchev–Trinajstić information content (AvgIpc) is 2.74. The van der Waals surface area contributed by atoms with Gasteiger partial charge in [-0.25, -0.2) is 0 Å². The number of ether oxygens (including phenoxy) is 4. The van der Waals surface area contributed by atoms with Crippen LogP contribution in [-0.2, 0) is 23.7 Å². The average molecular weight is 304 g/mol. The van der Waals surface area contributed by atoms with Crippen LogP contribution in [0.4, 0.5) is 0 Å². The Morgan fingerprint density at radius 2 is 1.64 bits per heavy atom. The first-order valence-corrected chi connectivity index (χ1v) is 7.96. The van der Waals surface area contributed by atoms with Gasteiger partial charge in [-0.3, -0.25) is 4.79 Å². The minimum Gasteiger partial charge on any atom is -0.460 e. The molecule has 3 saturated heterocycles. The van der Waals surface area contributed by atoms with Crippen molar-refractivity contribution in [1.29, 1.82) is 0 Å². The maximum atomic E-state index is 11.4. The van der Waals surface area contributed by atoms with E-state index in [2.05, 4.69) is 0 Å². The van der Waals surface area contributed by atoms with E-state index in [9.17, 15) is 4.79 Å². The molecule has 0 aromatic heterocycles. The van der Waals surface area contributed by atoms with E-state index in [1.807, 2.05) is 30.3 Å². The van der Waals surface area contributed by atoms with E-state index in [1.165, 1.54) is 0 Å². The number of fused-ring (bicyclic) bond motifs is 2. The zero-order valence-corrected chi connectivity index (χ0v) is 12.4. The Balaban J connectivity index is 1.46. The Hall–Kier alpha value is -1.43. The van der Waals surface area contributed by atoms with Gasteiger partial charge in [-0.1, -0.05) is 30.3 Å². The van der Waals surface area contributed by atoms with Gasteiger partial charge in [0.1, 0.15) is 12.2 Å². The highest BCUT2D eigenvalue weighted by atomic mass is 16.7. The first-order valence-electron chi connectivity index (χ1n) is 7.96. The minimum atomic E-state index is -0.339. The number of carbonyl (C=O) groups excluding carboxylic acids is 1. The van der Waals surface area contributed by atoms with E-state index >= 15 is 0 Å². The molecule has 1 aromatic carbocycles. The van der Waals surface area contributed by atoms with Crippen molar-refractivity contribution in [3.8, 4) is 0 Å². The van der Waals surface area contributed by atoms with Gasteiger partial charge in [0.15, 0.2) is 6.29 Å². The smallest absolute Gasteiger partial charge is 0.306 e. The van der Waals surface area contributed by atoms with Gasteiger partial charge in [-0.15, -0.1) is 0 Å². The standard InChI is InChI=1S/C17H20O5/c18-16-9-8-12-13(21-16)6-7-14-15(20-12)10-19-17(22-14)11-4-2-1-3-5-11/h1-5,12-15,17H,6-10H2/t12-,13+,14-,15+,17+/m0/s1. The predicted molar refractivity (Wildman–Crippen MR) is 77.0 cm³/mol. The summed E-state index contributed by atoms with van der Waals surface area (Å²) in [6.45, 7) is 0.515. The van der Waals surface area contributed by atoms with Crippen LogP contribution < -0.4 is 0 Å². The second-order valence-electron chi connectivity index (χ2n) is 6.11. The molecule has 5 heteroatoms. The summed E-state index contributed by atoms with van der Waals surface area (Å²) in [6, 6.07) is 9.94. The number of esters is 1. The molecule has 0 amide bonds. The monoisotopic (exact) mass is 304 g/mol. The normalized spacial score (nSPS) is 38.4. The predicted octanol–water partition coefficient (Wildman–Crippen LogP) is 2.35. The van der Waals surface area contributed by atoms with Crippen LogP contribution in [0.1, 0.15) is 37.5 Å². The lowest BCUT2D eigenvalue weighted by molar-refractivity contribution is -0.272. The fourth-order valence-electron chi connectivity index (χ4n) is 3.44. The summed E-state index contributed by atoms with van der Waals surface area (Å²) in [5, 5.41) is 0. The zero-order chi connectivity index (χ0) is 14.9. The Kier molecular flexibility index (Phi) is 3.86. The highest BCUT2D eigenvalue weighted by Gasteiger charge is 2.42. The van der Waals surface area contributed by atoms with E-state index in [-0.39, 0.29) is 36.7 Å². The molecule has 5 atom stereocenters. The van der Waals surface area contributed by atoms with E-state index in [0.717, 1.165) is 24.8 Å². The third-order valence-corrected chi connectivity index (χ3v) is 4.61. The van der Waals surface area contributed by atoms with Crippen molar-refractivity contribution in [2.75, 3.05) is 6.61 Å². The molecule has 3 heterocycles. The lowest BCUT2D eigenvalue weighted by atomic mass is 10.0. The molecule has 5 nitrogen and oxygen atoms in total. The Morgan fingerprint density at radius 1 is 0.864 bits per heavy atom. The van der Waals surface area contributed by atoms with Gasteiger partial charge < -0.3 is 18.9 Å². The van der Waals surface area contributed by atoms with Crippen molar-refractivity contribution in [3.63, 3.8) is 0 Å². The molecule has 0 radical (unpaired) electrons. The Morgan fingerprint density at radius 3 is 2.50 bits per heavy atom. The molecule has 0 bridgehead atoms. The molecule has 0 aliphatic carbocycles. The van der Waals surface area contributed by atoms with E-state index in [0.29, 0.717) is 13.0 Å². The van der Waals surface area contributed by atoms with Crippen LogP contribution in [0.2, 0.25) is 0 Å². The van der Waals surface area contributed by atoms with Crippen molar-refractivity contribution in [3.05, 3.63) is 35.9 Å². The van der Waals surface area contributed by atoms with E-state index in [4.69, 9.17) is 18.9 Å². The summed E-state index contributed by atoms with van der Waals surface area (Å²) in [5.74, 6) is -0.117. The molecule has 0 saturated carbocycles. The summed E-state index contributed by atoms with van der Waals surface area (Å²) in [6.07, 6.45) is 2.20. The summed E-state index contributed by atoms with van der Waals surface area (Å²) in [4.78, 5) is 11.4. The molecule has 3 fully saturated rings. The topological polar surface area (TPSA) is 54.0 Å². The van der Waals surface area contributed by atoms with Gasteiger partial charge in [0, 0.05) is 12.0 Å². The Bertz CT molecular complexity index is 531.